The van der Waals surface area contributed by atoms with E-state index >= 15 is 0 Å². The maximum Gasteiger partial charge on any atom is 0.225 e. The first-order chi connectivity index (χ1) is 11.9. The second-order valence-electron chi connectivity index (χ2n) is 7.14. The number of rotatable bonds is 4. The van der Waals surface area contributed by atoms with E-state index in [2.05, 4.69) is 30.4 Å². The van der Waals surface area contributed by atoms with E-state index in [1.165, 1.54) is 0 Å². The van der Waals surface area contributed by atoms with Gasteiger partial charge in [-0.3, -0.25) is 9.79 Å². The molecule has 2 N–H and O–H groups in total. The highest BCUT2D eigenvalue weighted by molar-refractivity contribution is 5.82. The van der Waals surface area contributed by atoms with E-state index in [4.69, 9.17) is 0 Å². The van der Waals surface area contributed by atoms with Gasteiger partial charge in [0.1, 0.15) is 5.82 Å². The van der Waals surface area contributed by atoms with E-state index in [0.29, 0.717) is 13.1 Å². The second-order valence-corrected chi connectivity index (χ2v) is 7.14. The summed E-state index contributed by atoms with van der Waals surface area (Å²) in [6.45, 7) is 10.6. The summed E-state index contributed by atoms with van der Waals surface area (Å²) in [5, 5.41) is 6.27. The fourth-order valence-corrected chi connectivity index (χ4v) is 2.64. The summed E-state index contributed by atoms with van der Waals surface area (Å²) in [6.07, 6.45) is 1.83. The lowest BCUT2D eigenvalue weighted by Crippen LogP contribution is -2.53. The number of guanidine groups is 1. The van der Waals surface area contributed by atoms with Crippen molar-refractivity contribution in [2.45, 2.75) is 20.8 Å². The average Bonchev–Trinajstić information content (AvgIpc) is 2.62. The number of hydrogen-bond donors (Lipinski definition) is 2. The van der Waals surface area contributed by atoms with Gasteiger partial charge in [0.2, 0.25) is 5.91 Å². The van der Waals surface area contributed by atoms with E-state index in [1.54, 1.807) is 7.05 Å². The molecule has 138 valence electrons. The highest BCUT2D eigenvalue weighted by Crippen LogP contribution is 2.13. The first-order valence-corrected chi connectivity index (χ1v) is 8.81. The van der Waals surface area contributed by atoms with Crippen LogP contribution in [-0.2, 0) is 4.79 Å². The molecule has 7 nitrogen and oxygen atoms in total. The molecule has 0 atom stereocenters. The van der Waals surface area contributed by atoms with Gasteiger partial charge in [-0.05, 0) is 12.1 Å². The third kappa shape index (κ3) is 5.62. The van der Waals surface area contributed by atoms with E-state index < -0.39 is 0 Å². The smallest absolute Gasteiger partial charge is 0.225 e. The Balaban J connectivity index is 1.74. The number of aromatic nitrogens is 1. The van der Waals surface area contributed by atoms with Gasteiger partial charge < -0.3 is 20.4 Å². The minimum Gasteiger partial charge on any atom is -0.354 e. The number of nitrogens with one attached hydrogen (secondary N) is 2. The van der Waals surface area contributed by atoms with Crippen molar-refractivity contribution in [3.05, 3.63) is 24.4 Å². The van der Waals surface area contributed by atoms with E-state index in [9.17, 15) is 4.79 Å². The largest absolute Gasteiger partial charge is 0.354 e. The Morgan fingerprint density at radius 1 is 1.16 bits per heavy atom. The fourth-order valence-electron chi connectivity index (χ4n) is 2.64. The van der Waals surface area contributed by atoms with Crippen molar-refractivity contribution in [3.8, 4) is 0 Å². The number of nitrogens with zero attached hydrogens (tertiary/aromatic N) is 4. The van der Waals surface area contributed by atoms with Crippen LogP contribution < -0.4 is 15.5 Å². The predicted octanol–water partition coefficient (Wildman–Crippen LogP) is 0.941. The highest BCUT2D eigenvalue weighted by atomic mass is 16.2. The van der Waals surface area contributed by atoms with Crippen LogP contribution in [0, 0.1) is 5.41 Å². The summed E-state index contributed by atoms with van der Waals surface area (Å²) in [5.41, 5.74) is -0.358. The minimum absolute atomic E-state index is 0.0632. The van der Waals surface area contributed by atoms with Gasteiger partial charge in [-0.2, -0.15) is 0 Å². The molecule has 1 aromatic heterocycles. The Hall–Kier alpha value is -2.31. The lowest BCUT2D eigenvalue weighted by molar-refractivity contribution is -0.128. The predicted molar refractivity (Wildman–Crippen MR) is 102 cm³/mol. The summed E-state index contributed by atoms with van der Waals surface area (Å²) in [7, 11) is 1.79. The summed E-state index contributed by atoms with van der Waals surface area (Å²) in [4.78, 5) is 25.2. The van der Waals surface area contributed by atoms with Crippen LogP contribution in [0.25, 0.3) is 0 Å². The summed E-state index contributed by atoms with van der Waals surface area (Å²) < 4.78 is 0. The first kappa shape index (κ1) is 19.0. The molecule has 0 bridgehead atoms. The standard InChI is InChI=1S/C18H30N6O/c1-18(2,3)16(25)21-9-10-22-17(19-4)24-13-11-23(12-14-24)15-7-5-6-8-20-15/h5-8H,9-14H2,1-4H3,(H,19,22)(H,21,25). The van der Waals surface area contributed by atoms with E-state index in [-0.39, 0.29) is 11.3 Å². The SMILES string of the molecule is CN=C(NCCNC(=O)C(C)(C)C)N1CCN(c2ccccn2)CC1. The molecule has 0 radical (unpaired) electrons. The Kier molecular flexibility index (Phi) is 6.61. The monoisotopic (exact) mass is 346 g/mol. The molecule has 0 aliphatic carbocycles. The Bertz CT molecular complexity index is 573. The van der Waals surface area contributed by atoms with Gasteiger partial charge in [0.25, 0.3) is 0 Å². The van der Waals surface area contributed by atoms with Gasteiger partial charge in [0.05, 0.1) is 0 Å². The quantitative estimate of drug-likeness (QED) is 0.482. The molecule has 25 heavy (non-hydrogen) atoms. The Morgan fingerprint density at radius 2 is 1.84 bits per heavy atom. The van der Waals surface area contributed by atoms with Gasteiger partial charge in [0.15, 0.2) is 5.96 Å². The van der Waals surface area contributed by atoms with Crippen LogP contribution in [-0.4, -0.2) is 68.1 Å². The average molecular weight is 346 g/mol. The number of carbonyl (C=O) groups excluding carboxylic acids is 1. The maximum atomic E-state index is 11.9. The summed E-state index contributed by atoms with van der Waals surface area (Å²) >= 11 is 0. The number of pyridine rings is 1. The zero-order valence-electron chi connectivity index (χ0n) is 15.7. The van der Waals surface area contributed by atoms with Gasteiger partial charge in [0, 0.05) is 57.9 Å². The third-order valence-electron chi connectivity index (χ3n) is 4.14. The molecule has 0 saturated carbocycles. The molecule has 1 amide bonds. The van der Waals surface area contributed by atoms with Gasteiger partial charge in [-0.1, -0.05) is 26.8 Å². The van der Waals surface area contributed by atoms with Crippen molar-refractivity contribution < 1.29 is 4.79 Å². The third-order valence-corrected chi connectivity index (χ3v) is 4.14. The van der Waals surface area contributed by atoms with Crippen LogP contribution in [0.5, 0.6) is 0 Å². The van der Waals surface area contributed by atoms with Crippen molar-refractivity contribution in [1.29, 1.82) is 0 Å². The summed E-state index contributed by atoms with van der Waals surface area (Å²) in [5.74, 6) is 1.97. The normalized spacial score (nSPS) is 15.9. The molecule has 0 spiro atoms. The van der Waals surface area contributed by atoms with Crippen LogP contribution in [0.2, 0.25) is 0 Å². The molecule has 1 aromatic rings. The summed E-state index contributed by atoms with van der Waals surface area (Å²) in [6, 6.07) is 5.99. The number of piperazine rings is 1. The molecule has 1 fully saturated rings. The highest BCUT2D eigenvalue weighted by Gasteiger charge is 2.21. The van der Waals surface area contributed by atoms with Gasteiger partial charge >= 0.3 is 0 Å². The molecular formula is C18H30N6O. The van der Waals surface area contributed by atoms with Crippen molar-refractivity contribution in [1.82, 2.24) is 20.5 Å². The van der Waals surface area contributed by atoms with Gasteiger partial charge in [-0.15, -0.1) is 0 Å². The minimum atomic E-state index is -0.358. The molecule has 1 saturated heterocycles. The van der Waals surface area contributed by atoms with E-state index in [1.807, 2.05) is 45.2 Å². The number of aliphatic imine (C=N–C) groups is 1. The van der Waals surface area contributed by atoms with Crippen LogP contribution >= 0.6 is 0 Å². The molecular weight excluding hydrogens is 316 g/mol. The molecule has 7 heteroatoms. The van der Waals surface area contributed by atoms with Gasteiger partial charge in [-0.25, -0.2) is 4.98 Å². The zero-order valence-corrected chi connectivity index (χ0v) is 15.7. The molecule has 1 aliphatic rings. The molecule has 1 aliphatic heterocycles. The van der Waals surface area contributed by atoms with E-state index in [0.717, 1.165) is 38.0 Å². The molecule has 2 heterocycles. The van der Waals surface area contributed by atoms with Crippen LogP contribution in [0.3, 0.4) is 0 Å². The molecule has 0 aromatic carbocycles. The zero-order chi connectivity index (χ0) is 18.3. The maximum absolute atomic E-state index is 11.9. The first-order valence-electron chi connectivity index (χ1n) is 8.81. The van der Waals surface area contributed by atoms with Crippen LogP contribution in [0.1, 0.15) is 20.8 Å². The second kappa shape index (κ2) is 8.69. The van der Waals surface area contributed by atoms with Crippen LogP contribution in [0.4, 0.5) is 5.82 Å². The fraction of sp³-hybridized carbons (Fsp3) is 0.611. The van der Waals surface area contributed by atoms with Crippen LogP contribution in [0.15, 0.2) is 29.4 Å². The number of carbonyl (C=O) groups is 1. The number of amides is 1. The molecule has 0 unspecified atom stereocenters. The number of hydrogen-bond acceptors (Lipinski definition) is 4. The Morgan fingerprint density at radius 3 is 2.40 bits per heavy atom. The lowest BCUT2D eigenvalue weighted by atomic mass is 9.96. The topological polar surface area (TPSA) is 72.9 Å². The lowest BCUT2D eigenvalue weighted by Gasteiger charge is -2.37. The van der Waals surface area contributed by atoms with Crippen molar-refractivity contribution in [3.63, 3.8) is 0 Å². The number of anilines is 1. The molecule has 2 rings (SSSR count). The van der Waals surface area contributed by atoms with Crippen molar-refractivity contribution in [2.75, 3.05) is 51.2 Å². The van der Waals surface area contributed by atoms with Crippen molar-refractivity contribution in [2.24, 2.45) is 10.4 Å². The Labute approximate surface area is 150 Å². The van der Waals surface area contributed by atoms with Crippen molar-refractivity contribution >= 4 is 17.7 Å².